The van der Waals surface area contributed by atoms with E-state index in [9.17, 15) is 14.4 Å². The molecule has 8 heteroatoms. The molecule has 1 heterocycles. The van der Waals surface area contributed by atoms with Crippen LogP contribution in [0.15, 0.2) is 66.2 Å². The van der Waals surface area contributed by atoms with Gasteiger partial charge < -0.3 is 9.47 Å². The number of carbonyl (C=O) groups excluding carboxylic acids is 3. The maximum atomic E-state index is 13.2. The molecule has 1 N–H and O–H groups in total. The summed E-state index contributed by atoms with van der Waals surface area (Å²) in [5.41, 5.74) is 3.42. The highest BCUT2D eigenvalue weighted by atomic mass is 35.5. The Morgan fingerprint density at radius 3 is 2.43 bits per heavy atom. The van der Waals surface area contributed by atoms with E-state index >= 15 is 0 Å². The number of anilines is 1. The zero-order valence-electron chi connectivity index (χ0n) is 19.4. The fraction of sp³-hybridized carbons (Fsp3) is 0.148. The van der Waals surface area contributed by atoms with E-state index in [1.165, 1.54) is 13.2 Å². The largest absolute Gasteiger partial charge is 0.493 e. The first-order chi connectivity index (χ1) is 16.8. The summed E-state index contributed by atoms with van der Waals surface area (Å²) < 4.78 is 11.3. The smallest absolute Gasteiger partial charge is 0.335 e. The zero-order chi connectivity index (χ0) is 25.1. The zero-order valence-corrected chi connectivity index (χ0v) is 20.2. The Bertz CT molecular complexity index is 1350. The lowest BCUT2D eigenvalue weighted by molar-refractivity contribution is -0.122. The molecule has 178 valence electrons. The molecule has 7 nitrogen and oxygen atoms in total. The number of rotatable bonds is 6. The Morgan fingerprint density at radius 2 is 1.71 bits per heavy atom. The Morgan fingerprint density at radius 1 is 0.971 bits per heavy atom. The van der Waals surface area contributed by atoms with Crippen LogP contribution >= 0.6 is 11.6 Å². The van der Waals surface area contributed by atoms with Gasteiger partial charge in [0, 0.05) is 5.02 Å². The van der Waals surface area contributed by atoms with Crippen molar-refractivity contribution in [2.75, 3.05) is 12.0 Å². The maximum absolute atomic E-state index is 13.2. The minimum atomic E-state index is -0.783. The molecule has 1 fully saturated rings. The van der Waals surface area contributed by atoms with Gasteiger partial charge in [0.25, 0.3) is 11.8 Å². The van der Waals surface area contributed by atoms with Gasteiger partial charge in [-0.05, 0) is 72.5 Å². The van der Waals surface area contributed by atoms with Gasteiger partial charge in [-0.15, -0.1) is 0 Å². The minimum Gasteiger partial charge on any atom is -0.493 e. The van der Waals surface area contributed by atoms with Crippen LogP contribution in [0.2, 0.25) is 5.02 Å². The fourth-order valence-corrected chi connectivity index (χ4v) is 3.78. The number of nitrogens with zero attached hydrogens (tertiary/aromatic N) is 1. The molecular formula is C27H23ClN2O5. The van der Waals surface area contributed by atoms with Crippen molar-refractivity contribution in [1.29, 1.82) is 0 Å². The second kappa shape index (κ2) is 10.0. The summed E-state index contributed by atoms with van der Waals surface area (Å²) in [6.45, 7) is 4.01. The van der Waals surface area contributed by atoms with Crippen LogP contribution in [0.5, 0.6) is 11.5 Å². The second-order valence-electron chi connectivity index (χ2n) is 8.00. The Labute approximate surface area is 207 Å². The summed E-state index contributed by atoms with van der Waals surface area (Å²) in [7, 11) is 1.50. The summed E-state index contributed by atoms with van der Waals surface area (Å²) >= 11 is 5.92. The molecule has 1 aliphatic rings. The molecule has 0 atom stereocenters. The van der Waals surface area contributed by atoms with Gasteiger partial charge in [0.1, 0.15) is 12.2 Å². The van der Waals surface area contributed by atoms with Gasteiger partial charge in [0.05, 0.1) is 12.8 Å². The number of ether oxygens (including phenoxy) is 2. The van der Waals surface area contributed by atoms with Crippen LogP contribution in [0, 0.1) is 13.8 Å². The molecule has 35 heavy (non-hydrogen) atoms. The van der Waals surface area contributed by atoms with Crippen LogP contribution in [-0.4, -0.2) is 25.0 Å². The van der Waals surface area contributed by atoms with E-state index in [0.29, 0.717) is 34.4 Å². The summed E-state index contributed by atoms with van der Waals surface area (Å²) in [6.07, 6.45) is 1.42. The molecule has 1 aliphatic heterocycles. The third kappa shape index (κ3) is 5.05. The van der Waals surface area contributed by atoms with E-state index in [0.717, 1.165) is 21.6 Å². The highest BCUT2D eigenvalue weighted by molar-refractivity contribution is 6.39. The molecule has 4 rings (SSSR count). The monoisotopic (exact) mass is 490 g/mol. The van der Waals surface area contributed by atoms with Gasteiger partial charge in [0.15, 0.2) is 11.5 Å². The fourth-order valence-electron chi connectivity index (χ4n) is 3.66. The maximum Gasteiger partial charge on any atom is 0.335 e. The van der Waals surface area contributed by atoms with E-state index in [2.05, 4.69) is 5.32 Å². The second-order valence-corrected chi connectivity index (χ2v) is 8.44. The molecule has 0 aromatic heterocycles. The van der Waals surface area contributed by atoms with Crippen molar-refractivity contribution in [3.63, 3.8) is 0 Å². The lowest BCUT2D eigenvalue weighted by Crippen LogP contribution is -2.54. The Kier molecular flexibility index (Phi) is 6.89. The number of urea groups is 1. The molecule has 0 spiro atoms. The number of hydrogen-bond acceptors (Lipinski definition) is 5. The number of methoxy groups -OCH3 is 1. The quantitative estimate of drug-likeness (QED) is 0.378. The Hall–Kier alpha value is -4.10. The first kappa shape index (κ1) is 24.0. The predicted octanol–water partition coefficient (Wildman–Crippen LogP) is 5.21. The van der Waals surface area contributed by atoms with Gasteiger partial charge in [-0.2, -0.15) is 0 Å². The van der Waals surface area contributed by atoms with Gasteiger partial charge >= 0.3 is 6.03 Å². The molecule has 0 unspecified atom stereocenters. The summed E-state index contributed by atoms with van der Waals surface area (Å²) in [5, 5.41) is 2.89. The van der Waals surface area contributed by atoms with E-state index in [1.54, 1.807) is 42.5 Å². The third-order valence-corrected chi connectivity index (χ3v) is 5.98. The van der Waals surface area contributed by atoms with Crippen LogP contribution in [0.4, 0.5) is 10.5 Å². The van der Waals surface area contributed by atoms with Crippen molar-refractivity contribution in [3.05, 3.63) is 93.5 Å². The van der Waals surface area contributed by atoms with Gasteiger partial charge in [-0.25, -0.2) is 9.69 Å². The number of amides is 4. The summed E-state index contributed by atoms with van der Waals surface area (Å²) in [4.78, 5) is 39.3. The number of carbonyl (C=O) groups is 3. The SMILES string of the molecule is COc1cc(/C=C2\C(=O)NC(=O)N(c3cccc(C)c3C)C2=O)ccc1OCc1ccc(Cl)cc1. The van der Waals surface area contributed by atoms with Crippen LogP contribution in [0.3, 0.4) is 0 Å². The highest BCUT2D eigenvalue weighted by Crippen LogP contribution is 2.31. The number of barbiturate groups is 1. The van der Waals surface area contributed by atoms with E-state index in [4.69, 9.17) is 21.1 Å². The first-order valence-electron chi connectivity index (χ1n) is 10.8. The van der Waals surface area contributed by atoms with Crippen molar-refractivity contribution < 1.29 is 23.9 Å². The number of halogens is 1. The molecule has 1 saturated heterocycles. The average molecular weight is 491 g/mol. The molecule has 3 aromatic rings. The molecule has 3 aromatic carbocycles. The van der Waals surface area contributed by atoms with Crippen molar-refractivity contribution in [2.24, 2.45) is 0 Å². The van der Waals surface area contributed by atoms with E-state index in [1.807, 2.05) is 32.0 Å². The number of hydrogen-bond donors (Lipinski definition) is 1. The van der Waals surface area contributed by atoms with Gasteiger partial charge in [0.2, 0.25) is 0 Å². The van der Waals surface area contributed by atoms with Gasteiger partial charge in [-0.1, -0.05) is 41.9 Å². The number of aryl methyl sites for hydroxylation is 1. The minimum absolute atomic E-state index is 0.164. The van der Waals surface area contributed by atoms with Crippen LogP contribution in [0.1, 0.15) is 22.3 Å². The van der Waals surface area contributed by atoms with Crippen LogP contribution in [-0.2, 0) is 16.2 Å². The van der Waals surface area contributed by atoms with Crippen LogP contribution < -0.4 is 19.7 Å². The summed E-state index contributed by atoms with van der Waals surface area (Å²) in [5.74, 6) is -0.534. The standard InChI is InChI=1S/C27H23ClN2O5/c1-16-5-4-6-22(17(16)2)30-26(32)21(25(31)29-27(30)33)13-19-9-12-23(24(14-19)34-3)35-15-18-7-10-20(28)11-8-18/h4-14H,15H2,1-3H3,(H,29,31,33)/b21-13+. The normalized spacial score (nSPS) is 14.8. The predicted molar refractivity (Wildman–Crippen MR) is 134 cm³/mol. The van der Waals surface area contributed by atoms with Crippen molar-refractivity contribution in [3.8, 4) is 11.5 Å². The first-order valence-corrected chi connectivity index (χ1v) is 11.2. The van der Waals surface area contributed by atoms with E-state index < -0.39 is 17.8 Å². The molecule has 4 amide bonds. The molecule has 0 aliphatic carbocycles. The third-order valence-electron chi connectivity index (χ3n) is 5.72. The Balaban J connectivity index is 1.61. The lowest BCUT2D eigenvalue weighted by atomic mass is 10.0. The van der Waals surface area contributed by atoms with E-state index in [-0.39, 0.29) is 5.57 Å². The number of benzene rings is 3. The van der Waals surface area contributed by atoms with Crippen LogP contribution in [0.25, 0.3) is 6.08 Å². The number of nitrogens with one attached hydrogen (secondary N) is 1. The molecule has 0 saturated carbocycles. The molecular weight excluding hydrogens is 468 g/mol. The topological polar surface area (TPSA) is 84.9 Å². The van der Waals surface area contributed by atoms with Gasteiger partial charge in [-0.3, -0.25) is 14.9 Å². The van der Waals surface area contributed by atoms with Crippen molar-refractivity contribution in [2.45, 2.75) is 20.5 Å². The summed E-state index contributed by atoms with van der Waals surface area (Å²) in [6, 6.07) is 16.9. The highest BCUT2D eigenvalue weighted by Gasteiger charge is 2.37. The van der Waals surface area contributed by atoms with Crippen molar-refractivity contribution >= 4 is 41.2 Å². The molecule has 0 bridgehead atoms. The number of imide groups is 2. The van der Waals surface area contributed by atoms with Crippen molar-refractivity contribution in [1.82, 2.24) is 5.32 Å². The average Bonchev–Trinajstić information content (AvgIpc) is 2.84. The lowest BCUT2D eigenvalue weighted by Gasteiger charge is -2.28. The molecule has 0 radical (unpaired) electrons.